The molecule has 7 heteroatoms. The number of carbonyl (C=O) groups is 1. The van der Waals surface area contributed by atoms with E-state index >= 15 is 0 Å². The van der Waals surface area contributed by atoms with Crippen molar-refractivity contribution in [3.63, 3.8) is 0 Å². The predicted molar refractivity (Wildman–Crippen MR) is 96.5 cm³/mol. The minimum Gasteiger partial charge on any atom is -0.355 e. The Morgan fingerprint density at radius 3 is 2.96 bits per heavy atom. The standard InChI is InChI=1S/C17H20ClN3O2.ClH/c1-11(19)13-5-3-7-21(10-13)17(22)15-9-16(23-20-15)12-4-2-6-14(18)8-12;/h2,4,6,8-9,11,13H,3,5,7,10,19H2,1H3;1H. The van der Waals surface area contributed by atoms with Crippen molar-refractivity contribution in [3.8, 4) is 11.3 Å². The molecule has 0 radical (unpaired) electrons. The summed E-state index contributed by atoms with van der Waals surface area (Å²) in [4.78, 5) is 14.4. The second-order valence-electron chi connectivity index (χ2n) is 6.10. The van der Waals surface area contributed by atoms with Gasteiger partial charge in [-0.3, -0.25) is 4.79 Å². The summed E-state index contributed by atoms with van der Waals surface area (Å²) in [5, 5.41) is 4.54. The zero-order valence-electron chi connectivity index (χ0n) is 13.4. The maximum absolute atomic E-state index is 12.6. The van der Waals surface area contributed by atoms with E-state index in [0.29, 0.717) is 28.9 Å². The lowest BCUT2D eigenvalue weighted by atomic mass is 9.92. The van der Waals surface area contributed by atoms with Gasteiger partial charge in [0.25, 0.3) is 5.91 Å². The highest BCUT2D eigenvalue weighted by molar-refractivity contribution is 6.30. The Labute approximate surface area is 152 Å². The first-order valence-electron chi connectivity index (χ1n) is 7.82. The summed E-state index contributed by atoms with van der Waals surface area (Å²) in [6, 6.07) is 9.03. The van der Waals surface area contributed by atoms with Gasteiger partial charge >= 0.3 is 0 Å². The molecule has 2 atom stereocenters. The smallest absolute Gasteiger partial charge is 0.276 e. The van der Waals surface area contributed by atoms with E-state index < -0.39 is 0 Å². The van der Waals surface area contributed by atoms with Gasteiger partial charge in [0.05, 0.1) is 0 Å². The monoisotopic (exact) mass is 369 g/mol. The molecule has 2 N–H and O–H groups in total. The van der Waals surface area contributed by atoms with Crippen molar-refractivity contribution >= 4 is 29.9 Å². The predicted octanol–water partition coefficient (Wildman–Crippen LogP) is 3.62. The summed E-state index contributed by atoms with van der Waals surface area (Å²) in [7, 11) is 0. The zero-order valence-corrected chi connectivity index (χ0v) is 15.0. The largest absolute Gasteiger partial charge is 0.355 e. The van der Waals surface area contributed by atoms with Gasteiger partial charge in [-0.1, -0.05) is 28.9 Å². The molecule has 0 saturated carbocycles. The van der Waals surface area contributed by atoms with E-state index in [0.717, 1.165) is 24.9 Å². The van der Waals surface area contributed by atoms with Crippen LogP contribution in [0.2, 0.25) is 5.02 Å². The summed E-state index contributed by atoms with van der Waals surface area (Å²) >= 11 is 5.98. The van der Waals surface area contributed by atoms with Gasteiger partial charge in [-0.2, -0.15) is 0 Å². The van der Waals surface area contributed by atoms with Gasteiger partial charge in [-0.25, -0.2) is 0 Å². The van der Waals surface area contributed by atoms with Crippen LogP contribution in [0.1, 0.15) is 30.3 Å². The van der Waals surface area contributed by atoms with E-state index in [1.165, 1.54) is 0 Å². The Morgan fingerprint density at radius 1 is 1.46 bits per heavy atom. The molecule has 24 heavy (non-hydrogen) atoms. The summed E-state index contributed by atoms with van der Waals surface area (Å²) < 4.78 is 5.31. The lowest BCUT2D eigenvalue weighted by Gasteiger charge is -2.34. The molecular formula is C17H21Cl2N3O2. The molecule has 0 aliphatic carbocycles. The average Bonchev–Trinajstić information content (AvgIpc) is 3.04. The van der Waals surface area contributed by atoms with Crippen molar-refractivity contribution < 1.29 is 9.32 Å². The van der Waals surface area contributed by atoms with E-state index in [1.807, 2.05) is 24.0 Å². The van der Waals surface area contributed by atoms with Crippen LogP contribution >= 0.6 is 24.0 Å². The summed E-state index contributed by atoms with van der Waals surface area (Å²) in [6.07, 6.45) is 2.03. The molecule has 3 rings (SSSR count). The van der Waals surface area contributed by atoms with E-state index in [1.54, 1.807) is 18.2 Å². The number of carbonyl (C=O) groups excluding carboxylic acids is 1. The van der Waals surface area contributed by atoms with Crippen LogP contribution in [0, 0.1) is 5.92 Å². The Kier molecular flexibility index (Phi) is 6.27. The molecule has 1 aromatic heterocycles. The highest BCUT2D eigenvalue weighted by atomic mass is 35.5. The maximum atomic E-state index is 12.6. The van der Waals surface area contributed by atoms with Crippen LogP contribution in [-0.2, 0) is 0 Å². The van der Waals surface area contributed by atoms with Crippen LogP contribution in [0.5, 0.6) is 0 Å². The molecule has 130 valence electrons. The van der Waals surface area contributed by atoms with Gasteiger partial charge in [-0.05, 0) is 37.8 Å². The van der Waals surface area contributed by atoms with Crippen LogP contribution in [0.3, 0.4) is 0 Å². The number of halogens is 2. The molecule has 5 nitrogen and oxygen atoms in total. The average molecular weight is 370 g/mol. The van der Waals surface area contributed by atoms with Crippen molar-refractivity contribution in [2.24, 2.45) is 11.7 Å². The van der Waals surface area contributed by atoms with Crippen LogP contribution in [0.15, 0.2) is 34.9 Å². The van der Waals surface area contributed by atoms with Gasteiger partial charge < -0.3 is 15.2 Å². The number of rotatable bonds is 3. The van der Waals surface area contributed by atoms with Gasteiger partial charge in [-0.15, -0.1) is 12.4 Å². The summed E-state index contributed by atoms with van der Waals surface area (Å²) in [5.41, 5.74) is 7.10. The third-order valence-electron chi connectivity index (χ3n) is 4.33. The number of hydrogen-bond donors (Lipinski definition) is 1. The molecular weight excluding hydrogens is 349 g/mol. The summed E-state index contributed by atoms with van der Waals surface area (Å²) in [5.74, 6) is 0.774. The van der Waals surface area contributed by atoms with Gasteiger partial charge in [0.1, 0.15) is 0 Å². The number of nitrogens with two attached hydrogens (primary N) is 1. The van der Waals surface area contributed by atoms with E-state index in [-0.39, 0.29) is 24.4 Å². The van der Waals surface area contributed by atoms with Crippen molar-refractivity contribution in [2.75, 3.05) is 13.1 Å². The van der Waals surface area contributed by atoms with E-state index in [9.17, 15) is 4.79 Å². The molecule has 1 amide bonds. The molecule has 2 unspecified atom stereocenters. The number of piperidine rings is 1. The first-order chi connectivity index (χ1) is 11.0. The molecule has 2 heterocycles. The normalized spacial score (nSPS) is 18.8. The lowest BCUT2D eigenvalue weighted by Crippen LogP contribution is -2.45. The number of aromatic nitrogens is 1. The topological polar surface area (TPSA) is 72.4 Å². The third-order valence-corrected chi connectivity index (χ3v) is 4.56. The molecule has 1 aliphatic rings. The van der Waals surface area contributed by atoms with E-state index in [2.05, 4.69) is 5.16 Å². The van der Waals surface area contributed by atoms with Crippen LogP contribution in [0.25, 0.3) is 11.3 Å². The number of likely N-dealkylation sites (tertiary alicyclic amines) is 1. The number of amides is 1. The third kappa shape index (κ3) is 4.09. The van der Waals surface area contributed by atoms with Crippen LogP contribution in [-0.4, -0.2) is 35.1 Å². The Balaban J connectivity index is 0.00000208. The highest BCUT2D eigenvalue weighted by Crippen LogP contribution is 2.25. The Morgan fingerprint density at radius 2 is 2.25 bits per heavy atom. The van der Waals surface area contributed by atoms with Crippen LogP contribution in [0.4, 0.5) is 0 Å². The Hall–Kier alpha value is -1.56. The second kappa shape index (κ2) is 8.01. The first-order valence-corrected chi connectivity index (χ1v) is 8.20. The first kappa shape index (κ1) is 18.8. The van der Waals surface area contributed by atoms with Crippen molar-refractivity contribution in [1.29, 1.82) is 0 Å². The molecule has 1 saturated heterocycles. The number of benzene rings is 1. The molecule has 1 aliphatic heterocycles. The Bertz CT molecular complexity index is 703. The van der Waals surface area contributed by atoms with Gasteiger partial charge in [0, 0.05) is 35.8 Å². The fourth-order valence-electron chi connectivity index (χ4n) is 2.94. The molecule has 0 bridgehead atoms. The van der Waals surface area contributed by atoms with Crippen LogP contribution < -0.4 is 5.73 Å². The SMILES string of the molecule is CC(N)C1CCCN(C(=O)c2cc(-c3cccc(Cl)c3)on2)C1.Cl. The molecule has 0 spiro atoms. The minimum atomic E-state index is -0.104. The molecule has 1 aromatic carbocycles. The van der Waals surface area contributed by atoms with Gasteiger partial charge in [0.2, 0.25) is 0 Å². The maximum Gasteiger partial charge on any atom is 0.276 e. The zero-order chi connectivity index (χ0) is 16.4. The lowest BCUT2D eigenvalue weighted by molar-refractivity contribution is 0.0650. The van der Waals surface area contributed by atoms with E-state index in [4.69, 9.17) is 21.9 Å². The molecule has 2 aromatic rings. The fraction of sp³-hybridized carbons (Fsp3) is 0.412. The second-order valence-corrected chi connectivity index (χ2v) is 6.54. The minimum absolute atomic E-state index is 0. The van der Waals surface area contributed by atoms with Gasteiger partial charge in [0.15, 0.2) is 11.5 Å². The van der Waals surface area contributed by atoms with Crippen molar-refractivity contribution in [3.05, 3.63) is 41.0 Å². The number of nitrogens with zero attached hydrogens (tertiary/aromatic N) is 2. The van der Waals surface area contributed by atoms with Crippen molar-refractivity contribution in [1.82, 2.24) is 10.1 Å². The fourth-order valence-corrected chi connectivity index (χ4v) is 3.13. The molecule has 1 fully saturated rings. The number of hydrogen-bond acceptors (Lipinski definition) is 4. The highest BCUT2D eigenvalue weighted by Gasteiger charge is 2.28. The summed E-state index contributed by atoms with van der Waals surface area (Å²) in [6.45, 7) is 3.41. The quantitative estimate of drug-likeness (QED) is 0.896. The van der Waals surface area contributed by atoms with Crippen molar-refractivity contribution in [2.45, 2.75) is 25.8 Å².